The minimum atomic E-state index is -0.722. The van der Waals surface area contributed by atoms with Gasteiger partial charge in [0.15, 0.2) is 11.5 Å². The summed E-state index contributed by atoms with van der Waals surface area (Å²) in [5.74, 6) is -0.264. The molecule has 1 N–H and O–H groups in total. The highest BCUT2D eigenvalue weighted by molar-refractivity contribution is 6.46. The van der Waals surface area contributed by atoms with Gasteiger partial charge in [0.05, 0.1) is 24.8 Å². The van der Waals surface area contributed by atoms with Crippen molar-refractivity contribution in [1.82, 2.24) is 9.80 Å². The molecule has 1 aliphatic heterocycles. The number of carbonyl (C=O) groups excluding carboxylic acids is 2. The molecular weight excluding hydrogens is 456 g/mol. The second-order valence-corrected chi connectivity index (χ2v) is 9.21. The Morgan fingerprint density at radius 1 is 0.972 bits per heavy atom. The summed E-state index contributed by atoms with van der Waals surface area (Å²) in [4.78, 5) is 30.0. The minimum absolute atomic E-state index is 0.0927. The molecule has 1 fully saturated rings. The lowest BCUT2D eigenvalue weighted by Crippen LogP contribution is -2.32. The molecule has 0 spiro atoms. The Labute approximate surface area is 214 Å². The van der Waals surface area contributed by atoms with Gasteiger partial charge in [-0.2, -0.15) is 0 Å². The molecule has 0 saturated carbocycles. The summed E-state index contributed by atoms with van der Waals surface area (Å²) in [7, 11) is 3.93. The number of aliphatic hydroxyl groups is 1. The van der Waals surface area contributed by atoms with Gasteiger partial charge >= 0.3 is 0 Å². The SMILES string of the molecule is CCCCCOc1ccc(C2/C(=C(\O)c3ccccc3)C(=O)C(=O)N2CCCN(C)C)cc1OCC. The van der Waals surface area contributed by atoms with Crippen LogP contribution < -0.4 is 9.47 Å². The third-order valence-electron chi connectivity index (χ3n) is 6.18. The number of amides is 1. The molecular formula is C29H38N2O5. The van der Waals surface area contributed by atoms with E-state index in [9.17, 15) is 14.7 Å². The average molecular weight is 495 g/mol. The number of benzene rings is 2. The van der Waals surface area contributed by atoms with Crippen molar-refractivity contribution < 1.29 is 24.2 Å². The van der Waals surface area contributed by atoms with Gasteiger partial charge in [-0.25, -0.2) is 0 Å². The van der Waals surface area contributed by atoms with E-state index in [1.54, 1.807) is 29.2 Å². The van der Waals surface area contributed by atoms with E-state index in [1.807, 2.05) is 50.2 Å². The monoisotopic (exact) mass is 494 g/mol. The van der Waals surface area contributed by atoms with Crippen LogP contribution in [-0.2, 0) is 9.59 Å². The van der Waals surface area contributed by atoms with Crippen molar-refractivity contribution in [2.75, 3.05) is 40.4 Å². The highest BCUT2D eigenvalue weighted by Gasteiger charge is 2.46. The zero-order valence-corrected chi connectivity index (χ0v) is 21.8. The van der Waals surface area contributed by atoms with Crippen molar-refractivity contribution >= 4 is 17.4 Å². The van der Waals surface area contributed by atoms with Crippen LogP contribution in [0, 0.1) is 0 Å². The first-order valence-corrected chi connectivity index (χ1v) is 12.8. The van der Waals surface area contributed by atoms with Gasteiger partial charge in [-0.05, 0) is 58.1 Å². The molecule has 1 amide bonds. The minimum Gasteiger partial charge on any atom is -0.507 e. The maximum atomic E-state index is 13.2. The number of unbranched alkanes of at least 4 members (excludes halogenated alkanes) is 2. The third kappa shape index (κ3) is 6.46. The Kier molecular flexibility index (Phi) is 9.94. The fraction of sp³-hybridized carbons (Fsp3) is 0.448. The van der Waals surface area contributed by atoms with Gasteiger partial charge in [0.25, 0.3) is 11.7 Å². The third-order valence-corrected chi connectivity index (χ3v) is 6.18. The quantitative estimate of drug-likeness (QED) is 0.182. The highest BCUT2D eigenvalue weighted by Crippen LogP contribution is 2.42. The van der Waals surface area contributed by atoms with Crippen molar-refractivity contribution in [3.63, 3.8) is 0 Å². The van der Waals surface area contributed by atoms with Crippen LogP contribution in [0.25, 0.3) is 5.76 Å². The summed E-state index contributed by atoms with van der Waals surface area (Å²) >= 11 is 0. The summed E-state index contributed by atoms with van der Waals surface area (Å²) in [6.07, 6.45) is 3.84. The molecule has 1 atom stereocenters. The van der Waals surface area contributed by atoms with Crippen LogP contribution in [-0.4, -0.2) is 67.0 Å². The number of hydrogen-bond acceptors (Lipinski definition) is 6. The smallest absolute Gasteiger partial charge is 0.295 e. The Balaban J connectivity index is 2.05. The lowest BCUT2D eigenvalue weighted by atomic mass is 9.95. The first-order valence-electron chi connectivity index (χ1n) is 12.8. The van der Waals surface area contributed by atoms with E-state index in [0.29, 0.717) is 48.8 Å². The Hall–Kier alpha value is -3.32. The van der Waals surface area contributed by atoms with Gasteiger partial charge in [0.1, 0.15) is 5.76 Å². The fourth-order valence-electron chi connectivity index (χ4n) is 4.38. The topological polar surface area (TPSA) is 79.3 Å². The first kappa shape index (κ1) is 27.3. The van der Waals surface area contributed by atoms with Gasteiger partial charge in [0.2, 0.25) is 0 Å². The maximum absolute atomic E-state index is 13.2. The van der Waals surface area contributed by atoms with Crippen molar-refractivity contribution in [2.24, 2.45) is 0 Å². The van der Waals surface area contributed by atoms with Crippen molar-refractivity contribution in [3.8, 4) is 11.5 Å². The number of nitrogens with zero attached hydrogens (tertiary/aromatic N) is 2. The van der Waals surface area contributed by atoms with Crippen LogP contribution in [0.15, 0.2) is 54.1 Å². The molecule has 2 aromatic rings. The van der Waals surface area contributed by atoms with Crippen LogP contribution in [0.3, 0.4) is 0 Å². The van der Waals surface area contributed by atoms with Crippen LogP contribution in [0.2, 0.25) is 0 Å². The lowest BCUT2D eigenvalue weighted by Gasteiger charge is -2.26. The molecule has 194 valence electrons. The van der Waals surface area contributed by atoms with Crippen LogP contribution in [0.4, 0.5) is 0 Å². The molecule has 1 unspecified atom stereocenters. The average Bonchev–Trinajstić information content (AvgIpc) is 3.12. The molecule has 3 rings (SSSR count). The number of rotatable bonds is 13. The predicted molar refractivity (Wildman–Crippen MR) is 141 cm³/mol. The van der Waals surface area contributed by atoms with Crippen molar-refractivity contribution in [1.29, 1.82) is 0 Å². The lowest BCUT2D eigenvalue weighted by molar-refractivity contribution is -0.139. The standard InChI is InChI=1S/C29H38N2O5/c1-5-7-11-19-36-23-16-15-22(20-24(23)35-6-2)26-25(27(32)21-13-9-8-10-14-21)28(33)29(34)31(26)18-12-17-30(3)4/h8-10,13-16,20,26,32H,5-7,11-12,17-19H2,1-4H3/b27-25+. The van der Waals surface area contributed by atoms with E-state index in [4.69, 9.17) is 9.47 Å². The molecule has 1 aliphatic rings. The summed E-state index contributed by atoms with van der Waals surface area (Å²) < 4.78 is 11.9. The first-order chi connectivity index (χ1) is 17.4. The van der Waals surface area contributed by atoms with Crippen LogP contribution in [0.1, 0.15) is 56.7 Å². The van der Waals surface area contributed by atoms with Gasteiger partial charge in [-0.1, -0.05) is 56.2 Å². The van der Waals surface area contributed by atoms with E-state index in [1.165, 1.54) is 0 Å². The van der Waals surface area contributed by atoms with Gasteiger partial charge in [-0.15, -0.1) is 0 Å². The Morgan fingerprint density at radius 2 is 1.72 bits per heavy atom. The van der Waals surface area contributed by atoms with Gasteiger partial charge < -0.3 is 24.4 Å². The molecule has 0 bridgehead atoms. The summed E-state index contributed by atoms with van der Waals surface area (Å²) in [6.45, 7) is 6.23. The number of ketones is 1. The normalized spacial score (nSPS) is 17.1. The summed E-state index contributed by atoms with van der Waals surface area (Å²) in [5, 5.41) is 11.2. The molecule has 0 radical (unpaired) electrons. The molecule has 0 aliphatic carbocycles. The number of carbonyl (C=O) groups is 2. The number of aliphatic hydroxyl groups excluding tert-OH is 1. The van der Waals surface area contributed by atoms with E-state index in [2.05, 4.69) is 6.92 Å². The maximum Gasteiger partial charge on any atom is 0.295 e. The molecule has 7 nitrogen and oxygen atoms in total. The summed E-state index contributed by atoms with van der Waals surface area (Å²) in [5.41, 5.74) is 1.28. The second-order valence-electron chi connectivity index (χ2n) is 9.21. The van der Waals surface area contributed by atoms with Gasteiger partial charge in [0, 0.05) is 12.1 Å². The molecule has 2 aromatic carbocycles. The number of likely N-dealkylation sites (tertiary alicyclic amines) is 1. The number of ether oxygens (including phenoxy) is 2. The van der Waals surface area contributed by atoms with E-state index < -0.39 is 17.7 Å². The van der Waals surface area contributed by atoms with E-state index in [-0.39, 0.29) is 11.3 Å². The molecule has 1 saturated heterocycles. The second kappa shape index (κ2) is 13.1. The fourth-order valence-corrected chi connectivity index (χ4v) is 4.38. The predicted octanol–water partition coefficient (Wildman–Crippen LogP) is 5.03. The number of Topliss-reactive ketones (excluding diaryl/α,β-unsaturated/α-hetero) is 1. The molecule has 7 heteroatoms. The zero-order valence-electron chi connectivity index (χ0n) is 21.8. The largest absolute Gasteiger partial charge is 0.507 e. The Bertz CT molecular complexity index is 1060. The van der Waals surface area contributed by atoms with Crippen molar-refractivity contribution in [3.05, 3.63) is 65.2 Å². The Morgan fingerprint density at radius 3 is 2.39 bits per heavy atom. The van der Waals surface area contributed by atoms with Crippen molar-refractivity contribution in [2.45, 2.75) is 45.6 Å². The summed E-state index contributed by atoms with van der Waals surface area (Å²) in [6, 6.07) is 13.6. The zero-order chi connectivity index (χ0) is 26.1. The molecule has 1 heterocycles. The number of hydrogen-bond donors (Lipinski definition) is 1. The highest BCUT2D eigenvalue weighted by atomic mass is 16.5. The van der Waals surface area contributed by atoms with Crippen LogP contribution in [0.5, 0.6) is 11.5 Å². The van der Waals surface area contributed by atoms with E-state index in [0.717, 1.165) is 25.8 Å². The van der Waals surface area contributed by atoms with Gasteiger partial charge in [-0.3, -0.25) is 9.59 Å². The van der Waals surface area contributed by atoms with E-state index >= 15 is 0 Å². The van der Waals surface area contributed by atoms with Crippen LogP contribution >= 0.6 is 0 Å². The molecule has 36 heavy (non-hydrogen) atoms. The molecule has 0 aromatic heterocycles.